The molecule has 2 rings (SSSR count). The van der Waals surface area contributed by atoms with Crippen molar-refractivity contribution >= 4 is 6.09 Å². The van der Waals surface area contributed by atoms with E-state index in [4.69, 9.17) is 9.84 Å². The summed E-state index contributed by atoms with van der Waals surface area (Å²) in [5.74, 6) is 0.710. The van der Waals surface area contributed by atoms with Crippen LogP contribution in [0.5, 0.6) is 5.75 Å². The standard InChI is InChI=1S/C11H13NO4/c1-16-9-4-2-8(3-5-9)11(15)6-12(7-11)10(13)14/h2-5,15H,6-7H2,1H3,(H,13,14). The van der Waals surface area contributed by atoms with Crippen LogP contribution in [-0.4, -0.2) is 41.4 Å². The zero-order chi connectivity index (χ0) is 11.8. The van der Waals surface area contributed by atoms with Crippen molar-refractivity contribution in [2.24, 2.45) is 0 Å². The number of carboxylic acid groups (broad SMARTS) is 1. The summed E-state index contributed by atoms with van der Waals surface area (Å²) in [6.07, 6.45) is -1.00. The number of hydrogen-bond acceptors (Lipinski definition) is 3. The second kappa shape index (κ2) is 3.68. The number of nitrogens with zero attached hydrogens (tertiary/aromatic N) is 1. The number of aliphatic hydroxyl groups is 1. The van der Waals surface area contributed by atoms with Crippen LogP contribution in [0, 0.1) is 0 Å². The molecule has 0 atom stereocenters. The fourth-order valence-corrected chi connectivity index (χ4v) is 1.80. The summed E-state index contributed by atoms with van der Waals surface area (Å²) in [7, 11) is 1.57. The molecule has 0 aromatic heterocycles. The highest BCUT2D eigenvalue weighted by Crippen LogP contribution is 2.32. The van der Waals surface area contributed by atoms with Crippen LogP contribution >= 0.6 is 0 Å². The van der Waals surface area contributed by atoms with E-state index >= 15 is 0 Å². The number of rotatable bonds is 2. The molecule has 5 nitrogen and oxygen atoms in total. The van der Waals surface area contributed by atoms with Gasteiger partial charge in [-0.15, -0.1) is 0 Å². The van der Waals surface area contributed by atoms with Gasteiger partial charge in [0, 0.05) is 0 Å². The normalized spacial score (nSPS) is 17.8. The lowest BCUT2D eigenvalue weighted by Crippen LogP contribution is -2.60. The molecule has 5 heteroatoms. The third-order valence-electron chi connectivity index (χ3n) is 2.80. The maximum absolute atomic E-state index is 10.6. The highest BCUT2D eigenvalue weighted by atomic mass is 16.5. The summed E-state index contributed by atoms with van der Waals surface area (Å²) in [4.78, 5) is 11.8. The van der Waals surface area contributed by atoms with Crippen molar-refractivity contribution in [3.05, 3.63) is 29.8 Å². The Balaban J connectivity index is 2.10. The van der Waals surface area contributed by atoms with Gasteiger partial charge in [-0.05, 0) is 17.7 Å². The second-order valence-electron chi connectivity index (χ2n) is 3.90. The predicted molar refractivity (Wildman–Crippen MR) is 56.5 cm³/mol. The third kappa shape index (κ3) is 1.69. The Morgan fingerprint density at radius 1 is 1.38 bits per heavy atom. The number of β-amino-alcohol motifs (C(OH)–C–C–N with tert-alkyl or cyclic N) is 1. The van der Waals surface area contributed by atoms with Crippen molar-refractivity contribution < 1.29 is 19.7 Å². The first-order valence-corrected chi connectivity index (χ1v) is 4.90. The van der Waals surface area contributed by atoms with E-state index in [2.05, 4.69) is 0 Å². The minimum absolute atomic E-state index is 0.120. The summed E-state index contributed by atoms with van der Waals surface area (Å²) in [6, 6.07) is 6.99. The third-order valence-corrected chi connectivity index (χ3v) is 2.80. The number of ether oxygens (including phenoxy) is 1. The molecular formula is C11H13NO4. The van der Waals surface area contributed by atoms with Gasteiger partial charge >= 0.3 is 6.09 Å². The van der Waals surface area contributed by atoms with Crippen molar-refractivity contribution in [3.8, 4) is 5.75 Å². The molecule has 1 aromatic rings. The van der Waals surface area contributed by atoms with Crippen LogP contribution < -0.4 is 4.74 Å². The molecule has 0 spiro atoms. The fraction of sp³-hybridized carbons (Fsp3) is 0.364. The van der Waals surface area contributed by atoms with Gasteiger partial charge in [-0.2, -0.15) is 0 Å². The van der Waals surface area contributed by atoms with Crippen LogP contribution in [0.1, 0.15) is 5.56 Å². The van der Waals surface area contributed by atoms with Crippen molar-refractivity contribution in [2.45, 2.75) is 5.60 Å². The highest BCUT2D eigenvalue weighted by Gasteiger charge is 2.45. The van der Waals surface area contributed by atoms with Gasteiger partial charge in [-0.1, -0.05) is 12.1 Å². The van der Waals surface area contributed by atoms with Gasteiger partial charge in [-0.3, -0.25) is 0 Å². The van der Waals surface area contributed by atoms with E-state index in [1.165, 1.54) is 4.90 Å². The molecule has 0 aliphatic carbocycles. The lowest BCUT2D eigenvalue weighted by atomic mass is 9.86. The first-order valence-electron chi connectivity index (χ1n) is 4.90. The zero-order valence-electron chi connectivity index (χ0n) is 8.88. The number of benzene rings is 1. The quantitative estimate of drug-likeness (QED) is 0.780. The Morgan fingerprint density at radius 3 is 2.38 bits per heavy atom. The van der Waals surface area contributed by atoms with E-state index in [1.807, 2.05) is 0 Å². The first-order chi connectivity index (χ1) is 7.55. The number of carbonyl (C=O) groups is 1. The van der Waals surface area contributed by atoms with Gasteiger partial charge < -0.3 is 19.8 Å². The Bertz CT molecular complexity index is 395. The summed E-state index contributed by atoms with van der Waals surface area (Å²) in [5, 5.41) is 18.8. The average molecular weight is 223 g/mol. The van der Waals surface area contributed by atoms with Crippen LogP contribution in [0.3, 0.4) is 0 Å². The maximum atomic E-state index is 10.6. The molecule has 1 amide bonds. The minimum atomic E-state index is -1.05. The largest absolute Gasteiger partial charge is 0.497 e. The minimum Gasteiger partial charge on any atom is -0.497 e. The zero-order valence-corrected chi connectivity index (χ0v) is 8.88. The van der Waals surface area contributed by atoms with Crippen molar-refractivity contribution in [1.82, 2.24) is 4.90 Å². The lowest BCUT2D eigenvalue weighted by molar-refractivity contribution is -0.0898. The Hall–Kier alpha value is -1.75. The van der Waals surface area contributed by atoms with Crippen LogP contribution in [-0.2, 0) is 5.60 Å². The summed E-state index contributed by atoms with van der Waals surface area (Å²) < 4.78 is 5.01. The molecule has 16 heavy (non-hydrogen) atoms. The average Bonchev–Trinajstić information content (AvgIpc) is 2.24. The fourth-order valence-electron chi connectivity index (χ4n) is 1.80. The molecule has 1 aliphatic heterocycles. The van der Waals surface area contributed by atoms with Gasteiger partial charge in [0.1, 0.15) is 11.4 Å². The highest BCUT2D eigenvalue weighted by molar-refractivity contribution is 5.67. The van der Waals surface area contributed by atoms with E-state index in [-0.39, 0.29) is 13.1 Å². The van der Waals surface area contributed by atoms with Crippen LogP contribution in [0.4, 0.5) is 4.79 Å². The van der Waals surface area contributed by atoms with Gasteiger partial charge in [-0.25, -0.2) is 4.79 Å². The van der Waals surface area contributed by atoms with Crippen LogP contribution in [0.25, 0.3) is 0 Å². The van der Waals surface area contributed by atoms with E-state index in [0.717, 1.165) is 0 Å². The molecule has 86 valence electrons. The molecule has 0 radical (unpaired) electrons. The molecule has 0 unspecified atom stereocenters. The van der Waals surface area contributed by atoms with E-state index in [9.17, 15) is 9.90 Å². The molecule has 1 aliphatic rings. The van der Waals surface area contributed by atoms with E-state index in [0.29, 0.717) is 11.3 Å². The molecule has 2 N–H and O–H groups in total. The molecule has 1 aromatic carbocycles. The van der Waals surface area contributed by atoms with Gasteiger partial charge in [0.15, 0.2) is 0 Å². The SMILES string of the molecule is COc1ccc(C2(O)CN(C(=O)O)C2)cc1. The molecule has 1 heterocycles. The van der Waals surface area contributed by atoms with E-state index < -0.39 is 11.7 Å². The Morgan fingerprint density at radius 2 is 1.94 bits per heavy atom. The van der Waals surface area contributed by atoms with E-state index in [1.54, 1.807) is 31.4 Å². The Labute approximate surface area is 92.9 Å². The maximum Gasteiger partial charge on any atom is 0.407 e. The lowest BCUT2D eigenvalue weighted by Gasteiger charge is -2.45. The summed E-state index contributed by atoms with van der Waals surface area (Å²) in [5.41, 5.74) is -0.337. The number of methoxy groups -OCH3 is 1. The van der Waals surface area contributed by atoms with Crippen molar-refractivity contribution in [2.75, 3.05) is 20.2 Å². The molecule has 1 fully saturated rings. The predicted octanol–water partition coefficient (Wildman–Crippen LogP) is 0.876. The van der Waals surface area contributed by atoms with Crippen molar-refractivity contribution in [3.63, 3.8) is 0 Å². The topological polar surface area (TPSA) is 70.0 Å². The molecular weight excluding hydrogens is 210 g/mol. The monoisotopic (exact) mass is 223 g/mol. The van der Waals surface area contributed by atoms with Gasteiger partial charge in [0.2, 0.25) is 0 Å². The van der Waals surface area contributed by atoms with Gasteiger partial charge in [0.25, 0.3) is 0 Å². The van der Waals surface area contributed by atoms with Crippen LogP contribution in [0.2, 0.25) is 0 Å². The molecule has 1 saturated heterocycles. The van der Waals surface area contributed by atoms with Crippen LogP contribution in [0.15, 0.2) is 24.3 Å². The number of amides is 1. The molecule has 0 bridgehead atoms. The first kappa shape index (κ1) is 10.8. The Kier molecular flexibility index (Phi) is 2.47. The number of hydrogen-bond donors (Lipinski definition) is 2. The summed E-state index contributed by atoms with van der Waals surface area (Å²) >= 11 is 0. The molecule has 0 saturated carbocycles. The number of likely N-dealkylation sites (tertiary alicyclic amines) is 1. The summed E-state index contributed by atoms with van der Waals surface area (Å²) in [6.45, 7) is 0.239. The van der Waals surface area contributed by atoms with Crippen molar-refractivity contribution in [1.29, 1.82) is 0 Å². The second-order valence-corrected chi connectivity index (χ2v) is 3.90. The van der Waals surface area contributed by atoms with Gasteiger partial charge in [0.05, 0.1) is 20.2 Å². The smallest absolute Gasteiger partial charge is 0.407 e.